The Kier molecular flexibility index (Phi) is 7.21. The first-order chi connectivity index (χ1) is 16.9. The van der Waals surface area contributed by atoms with Crippen molar-refractivity contribution in [1.82, 2.24) is 18.7 Å². The molecule has 2 heterocycles. The lowest BCUT2D eigenvalue weighted by molar-refractivity contribution is -0.119. The highest BCUT2D eigenvalue weighted by molar-refractivity contribution is 5.93. The minimum absolute atomic E-state index is 0.182. The van der Waals surface area contributed by atoms with Crippen LogP contribution in [0.4, 0.5) is 10.1 Å². The normalized spacial score (nSPS) is 11.2. The smallest absolute Gasteiger partial charge is 0.333 e. The van der Waals surface area contributed by atoms with Crippen molar-refractivity contribution in [3.8, 4) is 0 Å². The van der Waals surface area contributed by atoms with Gasteiger partial charge in [0.2, 0.25) is 5.91 Å². The molecule has 35 heavy (non-hydrogen) atoms. The molecule has 0 spiro atoms. The van der Waals surface area contributed by atoms with Gasteiger partial charge < -0.3 is 14.2 Å². The number of carbonyl (C=O) groups is 1. The van der Waals surface area contributed by atoms with E-state index in [9.17, 15) is 18.8 Å². The molecule has 0 fully saturated rings. The quantitative estimate of drug-likeness (QED) is 0.367. The SMILES string of the molecule is CCN(C(=O)Cn1c(=O)c2c(ncn2CCOC)n(Cc2ccccc2)c1=O)c1ccc(F)cc1. The molecule has 182 valence electrons. The number of hydrogen-bond donors (Lipinski definition) is 0. The number of rotatable bonds is 9. The molecule has 0 aliphatic heterocycles. The van der Waals surface area contributed by atoms with E-state index < -0.39 is 29.5 Å². The summed E-state index contributed by atoms with van der Waals surface area (Å²) in [7, 11) is 1.55. The topological polar surface area (TPSA) is 91.4 Å². The van der Waals surface area contributed by atoms with Gasteiger partial charge in [-0.1, -0.05) is 30.3 Å². The number of methoxy groups -OCH3 is 1. The Morgan fingerprint density at radius 1 is 1.06 bits per heavy atom. The van der Waals surface area contributed by atoms with E-state index in [0.717, 1.165) is 10.1 Å². The van der Waals surface area contributed by atoms with Crippen LogP contribution in [0.3, 0.4) is 0 Å². The van der Waals surface area contributed by atoms with E-state index in [1.807, 2.05) is 30.3 Å². The van der Waals surface area contributed by atoms with Gasteiger partial charge >= 0.3 is 5.69 Å². The van der Waals surface area contributed by atoms with Crippen LogP contribution < -0.4 is 16.1 Å². The van der Waals surface area contributed by atoms with Gasteiger partial charge in [0.15, 0.2) is 11.2 Å². The molecule has 1 amide bonds. The van der Waals surface area contributed by atoms with E-state index in [-0.39, 0.29) is 24.3 Å². The number of carbonyl (C=O) groups excluding carboxylic acids is 1. The minimum Gasteiger partial charge on any atom is -0.383 e. The zero-order valence-electron chi connectivity index (χ0n) is 19.6. The molecule has 0 bridgehead atoms. The second kappa shape index (κ2) is 10.5. The van der Waals surface area contributed by atoms with E-state index in [1.54, 1.807) is 18.6 Å². The third kappa shape index (κ3) is 4.92. The first-order valence-corrected chi connectivity index (χ1v) is 11.2. The van der Waals surface area contributed by atoms with E-state index in [1.165, 1.54) is 40.1 Å². The molecule has 4 rings (SSSR count). The van der Waals surface area contributed by atoms with Gasteiger partial charge in [0.25, 0.3) is 5.56 Å². The van der Waals surface area contributed by atoms with Gasteiger partial charge in [0, 0.05) is 25.9 Å². The van der Waals surface area contributed by atoms with Gasteiger partial charge in [0.05, 0.1) is 19.5 Å². The minimum atomic E-state index is -0.633. The van der Waals surface area contributed by atoms with Crippen molar-refractivity contribution in [2.75, 3.05) is 25.2 Å². The number of imidazole rings is 1. The first-order valence-electron chi connectivity index (χ1n) is 11.2. The van der Waals surface area contributed by atoms with Gasteiger partial charge in [-0.2, -0.15) is 0 Å². The number of ether oxygens (including phenoxy) is 1. The standard InChI is InChI=1S/C25H26FN5O4/c1-3-29(20-11-9-19(26)10-12-20)21(32)16-31-24(33)22-23(27-17-28(22)13-14-35-2)30(25(31)34)15-18-7-5-4-6-8-18/h4-12,17H,3,13-16H2,1-2H3. The van der Waals surface area contributed by atoms with Crippen LogP contribution in [0.15, 0.2) is 70.5 Å². The summed E-state index contributed by atoms with van der Waals surface area (Å²) in [4.78, 5) is 45.9. The third-order valence-electron chi connectivity index (χ3n) is 5.75. The Balaban J connectivity index is 1.81. The molecule has 9 nitrogen and oxygen atoms in total. The van der Waals surface area contributed by atoms with E-state index in [0.29, 0.717) is 18.8 Å². The van der Waals surface area contributed by atoms with Crippen LogP contribution in [-0.2, 0) is 29.2 Å². The lowest BCUT2D eigenvalue weighted by Gasteiger charge is -2.22. The molecule has 0 saturated heterocycles. The van der Waals surface area contributed by atoms with Gasteiger partial charge in [-0.3, -0.25) is 14.2 Å². The van der Waals surface area contributed by atoms with Gasteiger partial charge in [-0.15, -0.1) is 0 Å². The number of amides is 1. The second-order valence-electron chi connectivity index (χ2n) is 7.96. The van der Waals surface area contributed by atoms with Crippen LogP contribution in [-0.4, -0.2) is 44.9 Å². The lowest BCUT2D eigenvalue weighted by Crippen LogP contribution is -2.45. The summed E-state index contributed by atoms with van der Waals surface area (Å²) in [6.45, 7) is 2.46. The second-order valence-corrected chi connectivity index (χ2v) is 7.96. The van der Waals surface area contributed by atoms with Crippen LogP contribution >= 0.6 is 0 Å². The monoisotopic (exact) mass is 479 g/mol. The van der Waals surface area contributed by atoms with Crippen molar-refractivity contribution in [2.24, 2.45) is 0 Å². The predicted molar refractivity (Wildman–Crippen MR) is 130 cm³/mol. The van der Waals surface area contributed by atoms with Crippen LogP contribution in [0.1, 0.15) is 12.5 Å². The molecule has 0 aliphatic rings. The fourth-order valence-electron chi connectivity index (χ4n) is 3.99. The predicted octanol–water partition coefficient (Wildman–Crippen LogP) is 2.25. The third-order valence-corrected chi connectivity index (χ3v) is 5.75. The Morgan fingerprint density at radius 2 is 1.77 bits per heavy atom. The molecular formula is C25H26FN5O4. The number of fused-ring (bicyclic) bond motifs is 1. The first kappa shape index (κ1) is 24.1. The molecule has 2 aromatic carbocycles. The van der Waals surface area contributed by atoms with Crippen molar-refractivity contribution in [3.05, 3.63) is 93.1 Å². The van der Waals surface area contributed by atoms with Crippen molar-refractivity contribution >= 4 is 22.8 Å². The summed E-state index contributed by atoms with van der Waals surface area (Å²) in [6, 6.07) is 14.8. The largest absolute Gasteiger partial charge is 0.383 e. The van der Waals surface area contributed by atoms with Crippen LogP contribution in [0.25, 0.3) is 11.2 Å². The molecule has 0 N–H and O–H groups in total. The molecule has 0 atom stereocenters. The van der Waals surface area contributed by atoms with E-state index in [4.69, 9.17) is 4.74 Å². The molecule has 0 saturated carbocycles. The summed E-state index contributed by atoms with van der Waals surface area (Å²) in [5.41, 5.74) is 0.547. The highest BCUT2D eigenvalue weighted by Crippen LogP contribution is 2.15. The molecular weight excluding hydrogens is 453 g/mol. The van der Waals surface area contributed by atoms with Crippen molar-refractivity contribution in [3.63, 3.8) is 0 Å². The van der Waals surface area contributed by atoms with Crippen LogP contribution in [0.2, 0.25) is 0 Å². The van der Waals surface area contributed by atoms with Gasteiger partial charge in [-0.05, 0) is 36.8 Å². The number of likely N-dealkylation sites (N-methyl/N-ethyl adjacent to an activating group) is 1. The molecule has 0 radical (unpaired) electrons. The van der Waals surface area contributed by atoms with Crippen molar-refractivity contribution in [1.29, 1.82) is 0 Å². The highest BCUT2D eigenvalue weighted by Gasteiger charge is 2.22. The highest BCUT2D eigenvalue weighted by atomic mass is 19.1. The number of halogens is 1. The molecule has 10 heteroatoms. The van der Waals surface area contributed by atoms with Crippen LogP contribution in [0, 0.1) is 5.82 Å². The number of aromatic nitrogens is 4. The average molecular weight is 480 g/mol. The number of anilines is 1. The zero-order valence-corrected chi connectivity index (χ0v) is 19.6. The Labute approximate surface area is 200 Å². The fraction of sp³-hybridized carbons (Fsp3) is 0.280. The summed E-state index contributed by atoms with van der Waals surface area (Å²) >= 11 is 0. The maximum absolute atomic E-state index is 13.5. The summed E-state index contributed by atoms with van der Waals surface area (Å²) in [5, 5.41) is 0. The number of nitrogens with zero attached hydrogens (tertiary/aromatic N) is 5. The van der Waals surface area contributed by atoms with Crippen molar-refractivity contribution in [2.45, 2.75) is 26.6 Å². The fourth-order valence-corrected chi connectivity index (χ4v) is 3.99. The molecule has 2 aromatic heterocycles. The maximum Gasteiger partial charge on any atom is 0.333 e. The van der Waals surface area contributed by atoms with E-state index >= 15 is 0 Å². The average Bonchev–Trinajstić information content (AvgIpc) is 3.29. The zero-order chi connectivity index (χ0) is 24.9. The maximum atomic E-state index is 13.5. The van der Waals surface area contributed by atoms with Crippen molar-refractivity contribution < 1.29 is 13.9 Å². The number of benzene rings is 2. The lowest BCUT2D eigenvalue weighted by atomic mass is 10.2. The molecule has 0 unspecified atom stereocenters. The summed E-state index contributed by atoms with van der Waals surface area (Å²) in [6.07, 6.45) is 1.50. The summed E-state index contributed by atoms with van der Waals surface area (Å²) in [5.74, 6) is -0.890. The van der Waals surface area contributed by atoms with Gasteiger partial charge in [0.1, 0.15) is 12.4 Å². The molecule has 0 aliphatic carbocycles. The van der Waals surface area contributed by atoms with Gasteiger partial charge in [-0.25, -0.2) is 18.7 Å². The Morgan fingerprint density at radius 3 is 2.43 bits per heavy atom. The Hall–Kier alpha value is -4.05. The van der Waals surface area contributed by atoms with E-state index in [2.05, 4.69) is 4.98 Å². The Bertz CT molecular complexity index is 1440. The molecule has 4 aromatic rings. The van der Waals surface area contributed by atoms with Crippen LogP contribution in [0.5, 0.6) is 0 Å². The summed E-state index contributed by atoms with van der Waals surface area (Å²) < 4.78 is 22.5. The number of hydrogen-bond acceptors (Lipinski definition) is 5.